The number of benzene rings is 1. The summed E-state index contributed by atoms with van der Waals surface area (Å²) in [5.41, 5.74) is 6.23. The summed E-state index contributed by atoms with van der Waals surface area (Å²) in [5, 5.41) is 0. The number of morpholine rings is 1. The normalized spacial score (nSPS) is 34.5. The quantitative estimate of drug-likeness (QED) is 0.438. The van der Waals surface area contributed by atoms with Gasteiger partial charge in [0.05, 0.1) is 18.6 Å². The Morgan fingerprint density at radius 2 is 1.87 bits per heavy atom. The lowest BCUT2D eigenvalue weighted by atomic mass is 9.48. The van der Waals surface area contributed by atoms with Gasteiger partial charge in [0, 0.05) is 37.5 Å². The third kappa shape index (κ3) is 3.84. The van der Waals surface area contributed by atoms with Crippen LogP contribution in [0.4, 0.5) is 5.69 Å². The maximum absolute atomic E-state index is 13.7. The zero-order valence-electron chi connectivity index (χ0n) is 23.3. The summed E-state index contributed by atoms with van der Waals surface area (Å²) in [6.07, 6.45) is 8.94. The second-order valence-electron chi connectivity index (χ2n) is 12.3. The highest BCUT2D eigenvalue weighted by molar-refractivity contribution is 5.93. The smallest absolute Gasteiger partial charge is 0.156 e. The van der Waals surface area contributed by atoms with Gasteiger partial charge in [-0.05, 0) is 97.6 Å². The topological polar surface area (TPSA) is 46.6 Å². The molecule has 0 spiro atoms. The van der Waals surface area contributed by atoms with Gasteiger partial charge < -0.3 is 9.64 Å². The molecular weight excluding hydrogens is 470 g/mol. The van der Waals surface area contributed by atoms with E-state index in [1.54, 1.807) is 5.57 Å². The van der Waals surface area contributed by atoms with Crippen LogP contribution in [0.5, 0.6) is 0 Å². The Hall–Kier alpha value is -2.64. The van der Waals surface area contributed by atoms with Crippen molar-refractivity contribution in [2.24, 2.45) is 22.7 Å². The molecule has 4 aliphatic carbocycles. The number of Topliss-reactive ketones (excluding diaryl/α,β-unsaturated/α-hetero) is 1. The number of nitrogens with zero attached hydrogens (tertiary/aromatic N) is 1. The van der Waals surface area contributed by atoms with Crippen molar-refractivity contribution >= 4 is 17.3 Å². The lowest BCUT2D eigenvalue weighted by Gasteiger charge is -2.54. The largest absolute Gasteiger partial charge is 0.378 e. The Bertz CT molecular complexity index is 1250. The van der Waals surface area contributed by atoms with E-state index >= 15 is 0 Å². The highest BCUT2D eigenvalue weighted by atomic mass is 16.5. The molecule has 2 saturated carbocycles. The summed E-state index contributed by atoms with van der Waals surface area (Å²) in [4.78, 5) is 28.5. The van der Waals surface area contributed by atoms with E-state index in [4.69, 9.17) is 4.74 Å². The van der Waals surface area contributed by atoms with Crippen molar-refractivity contribution in [2.45, 2.75) is 78.1 Å². The Morgan fingerprint density at radius 1 is 1.11 bits per heavy atom. The average molecular weight is 512 g/mol. The number of ether oxygens (including phenoxy) is 1. The van der Waals surface area contributed by atoms with Gasteiger partial charge in [-0.1, -0.05) is 37.5 Å². The van der Waals surface area contributed by atoms with E-state index in [2.05, 4.69) is 47.9 Å². The number of rotatable bonds is 4. The van der Waals surface area contributed by atoms with Gasteiger partial charge >= 0.3 is 0 Å². The van der Waals surface area contributed by atoms with Crippen LogP contribution in [0.1, 0.15) is 83.6 Å². The van der Waals surface area contributed by atoms with Gasteiger partial charge in [-0.25, -0.2) is 0 Å². The van der Waals surface area contributed by atoms with E-state index in [0.717, 1.165) is 64.8 Å². The van der Waals surface area contributed by atoms with Gasteiger partial charge in [0.25, 0.3) is 0 Å². The van der Waals surface area contributed by atoms with Gasteiger partial charge in [-0.2, -0.15) is 0 Å². The molecule has 6 rings (SSSR count). The van der Waals surface area contributed by atoms with Gasteiger partial charge in [0.2, 0.25) is 0 Å². The first-order valence-corrected chi connectivity index (χ1v) is 14.8. The maximum Gasteiger partial charge on any atom is 0.156 e. The first-order chi connectivity index (χ1) is 18.4. The number of ketones is 2. The Morgan fingerprint density at radius 3 is 2.58 bits per heavy atom. The monoisotopic (exact) mass is 511 g/mol. The summed E-state index contributed by atoms with van der Waals surface area (Å²) in [5.74, 6) is 8.53. The number of allylic oxidation sites excluding steroid dienone is 4. The van der Waals surface area contributed by atoms with Gasteiger partial charge in [0.1, 0.15) is 0 Å². The second kappa shape index (κ2) is 9.83. The molecule has 1 saturated heterocycles. The Kier molecular flexibility index (Phi) is 6.63. The number of carbonyl (C=O) groups excluding carboxylic acids is 2. The number of fused-ring (bicyclic) bond motifs is 4. The number of anilines is 1. The molecule has 0 amide bonds. The third-order valence-electron chi connectivity index (χ3n) is 10.7. The lowest BCUT2D eigenvalue weighted by molar-refractivity contribution is -0.132. The van der Waals surface area contributed by atoms with Gasteiger partial charge in [-0.15, -0.1) is 5.92 Å². The van der Waals surface area contributed by atoms with Gasteiger partial charge in [0.15, 0.2) is 11.6 Å². The molecule has 1 aromatic carbocycles. The van der Waals surface area contributed by atoms with Crippen LogP contribution in [0.15, 0.2) is 47.1 Å². The zero-order valence-corrected chi connectivity index (χ0v) is 23.3. The molecule has 1 aliphatic heterocycles. The first-order valence-electron chi connectivity index (χ1n) is 14.8. The number of hydrogen-bond donors (Lipinski definition) is 0. The van der Waals surface area contributed by atoms with E-state index in [1.807, 2.05) is 19.9 Å². The van der Waals surface area contributed by atoms with Crippen molar-refractivity contribution < 1.29 is 14.3 Å². The highest BCUT2D eigenvalue weighted by Crippen LogP contribution is 2.69. The molecule has 5 atom stereocenters. The van der Waals surface area contributed by atoms with Crippen LogP contribution in [0.2, 0.25) is 0 Å². The molecule has 3 fully saturated rings. The third-order valence-corrected chi connectivity index (χ3v) is 10.7. The van der Waals surface area contributed by atoms with Crippen LogP contribution < -0.4 is 4.90 Å². The minimum absolute atomic E-state index is 0.156. The van der Waals surface area contributed by atoms with Crippen LogP contribution in [0.25, 0.3) is 0 Å². The van der Waals surface area contributed by atoms with E-state index in [-0.39, 0.29) is 17.1 Å². The first kappa shape index (κ1) is 25.6. The summed E-state index contributed by atoms with van der Waals surface area (Å²) < 4.78 is 5.56. The molecule has 1 heterocycles. The molecule has 0 N–H and O–H groups in total. The lowest BCUT2D eigenvalue weighted by Crippen LogP contribution is -2.50. The summed E-state index contributed by atoms with van der Waals surface area (Å²) >= 11 is 0. The molecule has 200 valence electrons. The summed E-state index contributed by atoms with van der Waals surface area (Å²) in [7, 11) is 0. The van der Waals surface area contributed by atoms with E-state index in [0.29, 0.717) is 30.5 Å². The molecule has 5 aliphatic rings. The molecule has 4 nitrogen and oxygen atoms in total. The SMILES string of the molecule is CC#C[C@]1(C(=O)CC)CC[C@H]2[C@@H]3CCC4=CC(=O)CCC4=C3[C@@H](c3ccc(N4CCOCC4)cc3)C[C@@]21C. The van der Waals surface area contributed by atoms with Crippen molar-refractivity contribution in [1.29, 1.82) is 0 Å². The minimum atomic E-state index is -0.554. The van der Waals surface area contributed by atoms with Crippen molar-refractivity contribution in [3.05, 3.63) is 52.6 Å². The summed E-state index contributed by atoms with van der Waals surface area (Å²) in [6, 6.07) is 9.23. The van der Waals surface area contributed by atoms with Crippen molar-refractivity contribution in [2.75, 3.05) is 31.2 Å². The highest BCUT2D eigenvalue weighted by Gasteiger charge is 2.65. The molecule has 1 aromatic rings. The van der Waals surface area contributed by atoms with Crippen molar-refractivity contribution in [3.8, 4) is 11.8 Å². The van der Waals surface area contributed by atoms with Crippen LogP contribution in [-0.2, 0) is 14.3 Å². The van der Waals surface area contributed by atoms with E-state index in [1.165, 1.54) is 22.4 Å². The molecule has 0 bridgehead atoms. The molecule has 4 heteroatoms. The minimum Gasteiger partial charge on any atom is -0.378 e. The van der Waals surface area contributed by atoms with Gasteiger partial charge in [-0.3, -0.25) is 9.59 Å². The van der Waals surface area contributed by atoms with Crippen LogP contribution in [0, 0.1) is 34.5 Å². The predicted molar refractivity (Wildman–Crippen MR) is 151 cm³/mol. The van der Waals surface area contributed by atoms with Crippen LogP contribution >= 0.6 is 0 Å². The van der Waals surface area contributed by atoms with Crippen LogP contribution in [0.3, 0.4) is 0 Å². The van der Waals surface area contributed by atoms with Crippen molar-refractivity contribution in [3.63, 3.8) is 0 Å². The number of hydrogen-bond acceptors (Lipinski definition) is 4. The molecule has 38 heavy (non-hydrogen) atoms. The standard InChI is InChI=1S/C34H41NO3/c1-4-15-34(31(37)5-2)16-14-30-28-12-8-24-21-26(36)11-13-27(24)32(28)29(22-33(30,34)3)23-6-9-25(10-7-23)35-17-19-38-20-18-35/h6-7,9-10,21,28-30H,5,8,11-14,16-20,22H2,1-3H3/t28-,29+,30-,33-,34+/m0/s1. The second-order valence-corrected chi connectivity index (χ2v) is 12.3. The average Bonchev–Trinajstić information content (AvgIpc) is 3.25. The number of carbonyl (C=O) groups is 2. The fourth-order valence-corrected chi connectivity index (χ4v) is 8.97. The predicted octanol–water partition coefficient (Wildman–Crippen LogP) is 6.41. The molecule has 0 radical (unpaired) electrons. The van der Waals surface area contributed by atoms with Crippen molar-refractivity contribution in [1.82, 2.24) is 0 Å². The van der Waals surface area contributed by atoms with E-state index < -0.39 is 5.41 Å². The van der Waals surface area contributed by atoms with E-state index in [9.17, 15) is 9.59 Å². The maximum atomic E-state index is 13.7. The zero-order chi connectivity index (χ0) is 26.5. The Labute approximate surface area is 227 Å². The molecular formula is C34H41NO3. The fourth-order valence-electron chi connectivity index (χ4n) is 8.97. The Balaban J connectivity index is 1.47. The van der Waals surface area contributed by atoms with Crippen LogP contribution in [-0.4, -0.2) is 37.9 Å². The summed E-state index contributed by atoms with van der Waals surface area (Å²) in [6.45, 7) is 9.72. The molecule has 0 aromatic heterocycles. The fraction of sp³-hybridized carbons (Fsp3) is 0.588. The molecule has 0 unspecified atom stereocenters.